The minimum atomic E-state index is 0.0112. The minimum Gasteiger partial charge on any atom is -0.448 e. The Morgan fingerprint density at radius 3 is 2.47 bits per heavy atom. The van der Waals surface area contributed by atoms with Crippen molar-refractivity contribution in [2.45, 2.75) is 6.04 Å². The summed E-state index contributed by atoms with van der Waals surface area (Å²) in [7, 11) is 1.91. The standard InChI is InChI=1S/C16H14ClNO/c1-18-16(14-8-9-15(17)19-14)13-7-6-11-4-2-3-5-12(11)10-13/h2-10,16,18H,1H3. The normalized spacial score (nSPS) is 12.7. The number of furan rings is 1. The van der Waals surface area contributed by atoms with Crippen LogP contribution in [-0.2, 0) is 0 Å². The van der Waals surface area contributed by atoms with E-state index in [0.29, 0.717) is 5.22 Å². The molecule has 2 nitrogen and oxygen atoms in total. The highest BCUT2D eigenvalue weighted by atomic mass is 35.5. The molecular formula is C16H14ClNO. The van der Waals surface area contributed by atoms with Crippen molar-refractivity contribution in [2.75, 3.05) is 7.05 Å². The lowest BCUT2D eigenvalue weighted by Crippen LogP contribution is -2.16. The number of hydrogen-bond acceptors (Lipinski definition) is 2. The molecule has 0 fully saturated rings. The van der Waals surface area contributed by atoms with E-state index in [1.54, 1.807) is 6.07 Å². The average Bonchev–Trinajstić information content (AvgIpc) is 2.86. The molecule has 0 bridgehead atoms. The first-order chi connectivity index (χ1) is 9.28. The molecule has 0 saturated heterocycles. The van der Waals surface area contributed by atoms with E-state index >= 15 is 0 Å². The number of benzene rings is 2. The predicted molar refractivity (Wildman–Crippen MR) is 78.6 cm³/mol. The summed E-state index contributed by atoms with van der Waals surface area (Å²) in [6.45, 7) is 0. The van der Waals surface area contributed by atoms with Crippen LogP contribution in [0.1, 0.15) is 17.4 Å². The van der Waals surface area contributed by atoms with Crippen LogP contribution >= 0.6 is 11.6 Å². The van der Waals surface area contributed by atoms with Crippen molar-refractivity contribution in [2.24, 2.45) is 0 Å². The van der Waals surface area contributed by atoms with Crippen LogP contribution < -0.4 is 5.32 Å². The SMILES string of the molecule is CNC(c1ccc2ccccc2c1)c1ccc(Cl)o1. The number of hydrogen-bond donors (Lipinski definition) is 1. The number of nitrogens with one attached hydrogen (secondary N) is 1. The van der Waals surface area contributed by atoms with Crippen molar-refractivity contribution in [1.82, 2.24) is 5.32 Å². The topological polar surface area (TPSA) is 25.2 Å². The fourth-order valence-corrected chi connectivity index (χ4v) is 2.50. The van der Waals surface area contributed by atoms with Gasteiger partial charge in [-0.15, -0.1) is 0 Å². The molecular weight excluding hydrogens is 258 g/mol. The van der Waals surface area contributed by atoms with Gasteiger partial charge in [-0.3, -0.25) is 0 Å². The summed E-state index contributed by atoms with van der Waals surface area (Å²) in [5.74, 6) is 0.822. The first-order valence-electron chi connectivity index (χ1n) is 6.19. The lowest BCUT2D eigenvalue weighted by atomic mass is 10.0. The maximum atomic E-state index is 5.85. The van der Waals surface area contributed by atoms with Gasteiger partial charge in [-0.2, -0.15) is 0 Å². The maximum Gasteiger partial charge on any atom is 0.193 e. The van der Waals surface area contributed by atoms with E-state index < -0.39 is 0 Å². The van der Waals surface area contributed by atoms with Gasteiger partial charge in [0.15, 0.2) is 5.22 Å². The molecule has 0 aliphatic heterocycles. The van der Waals surface area contributed by atoms with E-state index in [2.05, 4.69) is 35.6 Å². The Balaban J connectivity index is 2.06. The highest BCUT2D eigenvalue weighted by Gasteiger charge is 2.16. The van der Waals surface area contributed by atoms with Gasteiger partial charge in [0.1, 0.15) is 5.76 Å². The van der Waals surface area contributed by atoms with Gasteiger partial charge in [0.05, 0.1) is 6.04 Å². The number of rotatable bonds is 3. The monoisotopic (exact) mass is 271 g/mol. The summed E-state index contributed by atoms with van der Waals surface area (Å²) < 4.78 is 5.51. The third-order valence-electron chi connectivity index (χ3n) is 3.27. The third-order valence-corrected chi connectivity index (χ3v) is 3.48. The summed E-state index contributed by atoms with van der Waals surface area (Å²) in [4.78, 5) is 0. The van der Waals surface area contributed by atoms with Gasteiger partial charge >= 0.3 is 0 Å². The lowest BCUT2D eigenvalue weighted by molar-refractivity contribution is 0.465. The molecule has 0 amide bonds. The fraction of sp³-hybridized carbons (Fsp3) is 0.125. The molecule has 2 aromatic carbocycles. The molecule has 0 saturated carbocycles. The molecule has 0 radical (unpaired) electrons. The zero-order valence-corrected chi connectivity index (χ0v) is 11.3. The highest BCUT2D eigenvalue weighted by molar-refractivity contribution is 6.28. The van der Waals surface area contributed by atoms with E-state index in [1.165, 1.54) is 10.8 Å². The van der Waals surface area contributed by atoms with Gasteiger partial charge < -0.3 is 9.73 Å². The summed E-state index contributed by atoms with van der Waals surface area (Å²) in [6, 6.07) is 18.4. The van der Waals surface area contributed by atoms with Crippen molar-refractivity contribution in [1.29, 1.82) is 0 Å². The Kier molecular flexibility index (Phi) is 3.28. The molecule has 1 heterocycles. The van der Waals surface area contributed by atoms with Crippen molar-refractivity contribution in [3.63, 3.8) is 0 Å². The Bertz CT molecular complexity index is 705. The zero-order chi connectivity index (χ0) is 13.2. The fourth-order valence-electron chi connectivity index (χ4n) is 2.34. The zero-order valence-electron chi connectivity index (χ0n) is 10.6. The average molecular weight is 272 g/mol. The Labute approximate surface area is 117 Å². The summed E-state index contributed by atoms with van der Waals surface area (Å²) >= 11 is 5.85. The molecule has 0 spiro atoms. The van der Waals surface area contributed by atoms with Crippen LogP contribution in [0.4, 0.5) is 0 Å². The second-order valence-electron chi connectivity index (χ2n) is 4.47. The van der Waals surface area contributed by atoms with E-state index in [9.17, 15) is 0 Å². The maximum absolute atomic E-state index is 5.85. The molecule has 0 aliphatic carbocycles. The Hall–Kier alpha value is -1.77. The van der Waals surface area contributed by atoms with E-state index in [-0.39, 0.29) is 6.04 Å². The van der Waals surface area contributed by atoms with Crippen molar-refractivity contribution >= 4 is 22.4 Å². The molecule has 1 N–H and O–H groups in total. The summed E-state index contributed by atoms with van der Waals surface area (Å²) in [6.07, 6.45) is 0. The van der Waals surface area contributed by atoms with Crippen LogP contribution in [0.25, 0.3) is 10.8 Å². The lowest BCUT2D eigenvalue weighted by Gasteiger charge is -2.14. The van der Waals surface area contributed by atoms with Gasteiger partial charge in [0, 0.05) is 0 Å². The van der Waals surface area contributed by atoms with Gasteiger partial charge in [0.2, 0.25) is 0 Å². The van der Waals surface area contributed by atoms with Gasteiger partial charge in [0.25, 0.3) is 0 Å². The molecule has 3 aromatic rings. The summed E-state index contributed by atoms with van der Waals surface area (Å²) in [5.41, 5.74) is 1.16. The molecule has 1 atom stereocenters. The third kappa shape index (κ3) is 2.37. The molecule has 3 rings (SSSR count). The van der Waals surface area contributed by atoms with Crippen molar-refractivity contribution < 1.29 is 4.42 Å². The Morgan fingerprint density at radius 2 is 1.79 bits per heavy atom. The van der Waals surface area contributed by atoms with Gasteiger partial charge in [-0.05, 0) is 53.2 Å². The smallest absolute Gasteiger partial charge is 0.193 e. The van der Waals surface area contributed by atoms with Crippen LogP contribution in [0.2, 0.25) is 5.22 Å². The molecule has 1 aromatic heterocycles. The molecule has 0 aliphatic rings. The largest absolute Gasteiger partial charge is 0.448 e. The quantitative estimate of drug-likeness (QED) is 0.764. The first kappa shape index (κ1) is 12.3. The van der Waals surface area contributed by atoms with Crippen LogP contribution in [0.5, 0.6) is 0 Å². The summed E-state index contributed by atoms with van der Waals surface area (Å²) in [5, 5.41) is 6.13. The van der Waals surface area contributed by atoms with E-state index in [4.69, 9.17) is 16.0 Å². The van der Waals surface area contributed by atoms with Crippen LogP contribution in [-0.4, -0.2) is 7.05 Å². The van der Waals surface area contributed by atoms with Gasteiger partial charge in [-0.25, -0.2) is 0 Å². The number of fused-ring (bicyclic) bond motifs is 1. The number of halogens is 1. The Morgan fingerprint density at radius 1 is 1.00 bits per heavy atom. The highest BCUT2D eigenvalue weighted by Crippen LogP contribution is 2.27. The van der Waals surface area contributed by atoms with Crippen LogP contribution in [0.15, 0.2) is 59.0 Å². The second-order valence-corrected chi connectivity index (χ2v) is 4.84. The van der Waals surface area contributed by atoms with E-state index in [1.807, 2.05) is 25.2 Å². The van der Waals surface area contributed by atoms with Crippen molar-refractivity contribution in [3.05, 3.63) is 71.1 Å². The predicted octanol–water partition coefficient (Wildman–Crippen LogP) is 4.40. The second kappa shape index (κ2) is 5.08. The van der Waals surface area contributed by atoms with Crippen molar-refractivity contribution in [3.8, 4) is 0 Å². The molecule has 96 valence electrons. The minimum absolute atomic E-state index is 0.0112. The van der Waals surface area contributed by atoms with Crippen LogP contribution in [0.3, 0.4) is 0 Å². The first-order valence-corrected chi connectivity index (χ1v) is 6.57. The molecule has 3 heteroatoms. The van der Waals surface area contributed by atoms with E-state index in [0.717, 1.165) is 11.3 Å². The van der Waals surface area contributed by atoms with Crippen LogP contribution in [0, 0.1) is 0 Å². The molecule has 1 unspecified atom stereocenters. The van der Waals surface area contributed by atoms with Gasteiger partial charge in [-0.1, -0.05) is 36.4 Å². The molecule has 19 heavy (non-hydrogen) atoms.